The van der Waals surface area contributed by atoms with Gasteiger partial charge in [0.25, 0.3) is 0 Å². The first kappa shape index (κ1) is 10.5. The van der Waals surface area contributed by atoms with Gasteiger partial charge in [-0.15, -0.1) is 11.3 Å². The third-order valence-corrected chi connectivity index (χ3v) is 3.60. The van der Waals surface area contributed by atoms with Crippen molar-refractivity contribution in [3.05, 3.63) is 40.2 Å². The van der Waals surface area contributed by atoms with Gasteiger partial charge in [-0.25, -0.2) is 0 Å². The monoisotopic (exact) mass is 238 g/mol. The van der Waals surface area contributed by atoms with Crippen LogP contribution < -0.4 is 0 Å². The molecule has 1 aromatic heterocycles. The predicted molar refractivity (Wildman–Crippen MR) is 65.8 cm³/mol. The van der Waals surface area contributed by atoms with Gasteiger partial charge in [0, 0.05) is 4.88 Å². The fourth-order valence-electron chi connectivity index (χ4n) is 1.49. The molecule has 0 spiro atoms. The highest BCUT2D eigenvalue weighted by atomic mass is 35.5. The van der Waals surface area contributed by atoms with Crippen molar-refractivity contribution in [1.29, 1.82) is 0 Å². The van der Waals surface area contributed by atoms with Gasteiger partial charge in [0.15, 0.2) is 0 Å². The van der Waals surface area contributed by atoms with Gasteiger partial charge in [-0.05, 0) is 47.9 Å². The summed E-state index contributed by atoms with van der Waals surface area (Å²) in [6, 6.07) is 9.55. The summed E-state index contributed by atoms with van der Waals surface area (Å²) in [6.07, 6.45) is 0.832. The number of phenols is 1. The van der Waals surface area contributed by atoms with Gasteiger partial charge in [0.2, 0.25) is 0 Å². The van der Waals surface area contributed by atoms with Crippen LogP contribution in [0, 0.1) is 0 Å². The molecule has 0 fully saturated rings. The Bertz CT molecular complexity index is 476. The van der Waals surface area contributed by atoms with E-state index < -0.39 is 0 Å². The van der Waals surface area contributed by atoms with Crippen LogP contribution in [0.2, 0.25) is 4.34 Å². The zero-order valence-corrected chi connectivity index (χ0v) is 9.90. The van der Waals surface area contributed by atoms with Crippen molar-refractivity contribution < 1.29 is 5.11 Å². The van der Waals surface area contributed by atoms with Crippen LogP contribution in [0.3, 0.4) is 0 Å². The van der Waals surface area contributed by atoms with E-state index in [1.54, 1.807) is 17.4 Å². The summed E-state index contributed by atoms with van der Waals surface area (Å²) >= 11 is 7.43. The van der Waals surface area contributed by atoms with Gasteiger partial charge in [-0.1, -0.05) is 18.5 Å². The van der Waals surface area contributed by atoms with Gasteiger partial charge in [-0.2, -0.15) is 0 Å². The highest BCUT2D eigenvalue weighted by Crippen LogP contribution is 2.33. The van der Waals surface area contributed by atoms with Gasteiger partial charge < -0.3 is 5.11 Å². The molecular weight excluding hydrogens is 228 g/mol. The van der Waals surface area contributed by atoms with Crippen molar-refractivity contribution in [1.82, 2.24) is 0 Å². The standard InChI is InChI=1S/C12H11ClOS/c1-2-8-7-9(3-4-10(8)14)11-5-6-12(13)15-11/h3-7,14H,2H2,1H3. The average Bonchev–Trinajstić information content (AvgIpc) is 2.66. The largest absolute Gasteiger partial charge is 0.508 e. The molecular formula is C12H11ClOS. The molecule has 0 amide bonds. The lowest BCUT2D eigenvalue weighted by Gasteiger charge is -2.03. The lowest BCUT2D eigenvalue weighted by atomic mass is 10.1. The molecule has 1 heterocycles. The quantitative estimate of drug-likeness (QED) is 0.825. The van der Waals surface area contributed by atoms with E-state index in [0.29, 0.717) is 5.75 Å². The van der Waals surface area contributed by atoms with Gasteiger partial charge >= 0.3 is 0 Å². The summed E-state index contributed by atoms with van der Waals surface area (Å²) < 4.78 is 0.788. The fourth-order valence-corrected chi connectivity index (χ4v) is 2.53. The third-order valence-electron chi connectivity index (χ3n) is 2.32. The Labute approximate surface area is 98.0 Å². The summed E-state index contributed by atoms with van der Waals surface area (Å²) in [5.41, 5.74) is 2.08. The highest BCUT2D eigenvalue weighted by molar-refractivity contribution is 7.19. The third kappa shape index (κ3) is 2.16. The molecule has 0 radical (unpaired) electrons. The number of hydrogen-bond acceptors (Lipinski definition) is 2. The minimum absolute atomic E-state index is 0.365. The van der Waals surface area contributed by atoms with E-state index in [4.69, 9.17) is 11.6 Å². The van der Waals surface area contributed by atoms with Crippen molar-refractivity contribution >= 4 is 22.9 Å². The molecule has 3 heteroatoms. The van der Waals surface area contributed by atoms with E-state index in [1.165, 1.54) is 0 Å². The molecule has 1 aromatic carbocycles. The van der Waals surface area contributed by atoms with Crippen LogP contribution in [0.4, 0.5) is 0 Å². The van der Waals surface area contributed by atoms with Crippen LogP contribution in [0.5, 0.6) is 5.75 Å². The van der Waals surface area contributed by atoms with E-state index in [-0.39, 0.29) is 0 Å². The molecule has 0 aliphatic rings. The summed E-state index contributed by atoms with van der Waals surface area (Å²) in [7, 11) is 0. The molecule has 2 rings (SSSR count). The smallest absolute Gasteiger partial charge is 0.118 e. The minimum atomic E-state index is 0.365. The molecule has 1 nitrogen and oxygen atoms in total. The Kier molecular flexibility index (Phi) is 2.98. The minimum Gasteiger partial charge on any atom is -0.508 e. The molecule has 0 aliphatic carbocycles. The SMILES string of the molecule is CCc1cc(-c2ccc(Cl)s2)ccc1O. The first-order valence-corrected chi connectivity index (χ1v) is 5.97. The van der Waals surface area contributed by atoms with Crippen LogP contribution in [-0.2, 0) is 6.42 Å². The maximum absolute atomic E-state index is 9.56. The Hall–Kier alpha value is -0.990. The van der Waals surface area contributed by atoms with Gasteiger partial charge in [0.05, 0.1) is 4.34 Å². The summed E-state index contributed by atoms with van der Waals surface area (Å²) in [5, 5.41) is 9.56. The van der Waals surface area contributed by atoms with Crippen molar-refractivity contribution in [2.75, 3.05) is 0 Å². The lowest BCUT2D eigenvalue weighted by Crippen LogP contribution is -1.82. The number of aryl methyl sites for hydroxylation is 1. The fraction of sp³-hybridized carbons (Fsp3) is 0.167. The molecule has 0 saturated heterocycles. The zero-order valence-electron chi connectivity index (χ0n) is 8.33. The first-order valence-electron chi connectivity index (χ1n) is 4.78. The van der Waals surface area contributed by atoms with Crippen LogP contribution in [-0.4, -0.2) is 5.11 Å². The maximum Gasteiger partial charge on any atom is 0.118 e. The van der Waals surface area contributed by atoms with E-state index in [1.807, 2.05) is 31.2 Å². The number of halogens is 1. The second-order valence-corrected chi connectivity index (χ2v) is 5.02. The second-order valence-electron chi connectivity index (χ2n) is 3.30. The van der Waals surface area contributed by atoms with Crippen LogP contribution in [0.15, 0.2) is 30.3 Å². The van der Waals surface area contributed by atoms with Gasteiger partial charge in [0.1, 0.15) is 5.75 Å². The summed E-state index contributed by atoms with van der Waals surface area (Å²) in [6.45, 7) is 2.03. The number of hydrogen-bond donors (Lipinski definition) is 1. The molecule has 0 saturated carbocycles. The van der Waals surface area contributed by atoms with Crippen molar-refractivity contribution in [3.8, 4) is 16.2 Å². The number of phenolic OH excluding ortho intramolecular Hbond substituents is 1. The molecule has 1 N–H and O–H groups in total. The molecule has 2 aromatic rings. The Morgan fingerprint density at radius 1 is 1.27 bits per heavy atom. The number of thiophene rings is 1. The molecule has 0 aliphatic heterocycles. The van der Waals surface area contributed by atoms with E-state index in [9.17, 15) is 5.11 Å². The number of rotatable bonds is 2. The number of aromatic hydroxyl groups is 1. The van der Waals surface area contributed by atoms with Crippen molar-refractivity contribution in [2.45, 2.75) is 13.3 Å². The molecule has 0 atom stereocenters. The topological polar surface area (TPSA) is 20.2 Å². The summed E-state index contributed by atoms with van der Waals surface area (Å²) in [4.78, 5) is 1.13. The molecule has 78 valence electrons. The maximum atomic E-state index is 9.56. The first-order chi connectivity index (χ1) is 7.20. The second kappa shape index (κ2) is 4.25. The molecule has 0 unspecified atom stereocenters. The van der Waals surface area contributed by atoms with Crippen LogP contribution in [0.1, 0.15) is 12.5 Å². The van der Waals surface area contributed by atoms with E-state index >= 15 is 0 Å². The average molecular weight is 239 g/mol. The van der Waals surface area contributed by atoms with E-state index in [0.717, 1.165) is 26.8 Å². The zero-order chi connectivity index (χ0) is 10.8. The van der Waals surface area contributed by atoms with Crippen molar-refractivity contribution in [2.24, 2.45) is 0 Å². The van der Waals surface area contributed by atoms with Gasteiger partial charge in [-0.3, -0.25) is 0 Å². The highest BCUT2D eigenvalue weighted by Gasteiger charge is 2.05. The normalized spacial score (nSPS) is 10.5. The van der Waals surface area contributed by atoms with E-state index in [2.05, 4.69) is 0 Å². The number of benzene rings is 1. The molecule has 0 bridgehead atoms. The summed E-state index contributed by atoms with van der Waals surface area (Å²) in [5.74, 6) is 0.365. The van der Waals surface area contributed by atoms with Crippen LogP contribution >= 0.6 is 22.9 Å². The van der Waals surface area contributed by atoms with Crippen molar-refractivity contribution in [3.63, 3.8) is 0 Å². The van der Waals surface area contributed by atoms with Crippen LogP contribution in [0.25, 0.3) is 10.4 Å². The Morgan fingerprint density at radius 2 is 2.07 bits per heavy atom. The Morgan fingerprint density at radius 3 is 2.67 bits per heavy atom. The lowest BCUT2D eigenvalue weighted by molar-refractivity contribution is 0.469. The Balaban J connectivity index is 2.45. The predicted octanol–water partition coefficient (Wildman–Crippen LogP) is 4.34. The molecule has 15 heavy (non-hydrogen) atoms.